The van der Waals surface area contributed by atoms with E-state index >= 15 is 0 Å². The molecule has 2 aromatic carbocycles. The molecule has 1 atom stereocenters. The van der Waals surface area contributed by atoms with Crippen LogP contribution in [-0.2, 0) is 9.53 Å². The number of hydrogen-bond acceptors (Lipinski definition) is 5. The van der Waals surface area contributed by atoms with E-state index in [2.05, 4.69) is 5.32 Å². The summed E-state index contributed by atoms with van der Waals surface area (Å²) in [4.78, 5) is 24.1. The van der Waals surface area contributed by atoms with Crippen LogP contribution in [0, 0.1) is 6.92 Å². The SMILES string of the molecule is COc1ccc(NC(=O)C(C)OC(=O)c2ccc(C)c(O)c2)cc1. The topological polar surface area (TPSA) is 84.9 Å². The minimum absolute atomic E-state index is 0.000197. The van der Waals surface area contributed by atoms with Crippen LogP contribution in [0.1, 0.15) is 22.8 Å². The summed E-state index contributed by atoms with van der Waals surface area (Å²) in [6, 6.07) is 11.2. The molecule has 0 saturated heterocycles. The Bertz CT molecular complexity index is 740. The number of carbonyl (C=O) groups excluding carboxylic acids is 2. The first-order valence-corrected chi connectivity index (χ1v) is 7.36. The molecule has 6 nitrogen and oxygen atoms in total. The maximum Gasteiger partial charge on any atom is 0.339 e. The molecule has 126 valence electrons. The number of esters is 1. The lowest BCUT2D eigenvalue weighted by Crippen LogP contribution is -2.30. The summed E-state index contributed by atoms with van der Waals surface area (Å²) in [7, 11) is 1.55. The van der Waals surface area contributed by atoms with E-state index in [1.54, 1.807) is 44.4 Å². The average molecular weight is 329 g/mol. The number of rotatable bonds is 5. The van der Waals surface area contributed by atoms with E-state index in [1.807, 2.05) is 0 Å². The van der Waals surface area contributed by atoms with Crippen molar-refractivity contribution >= 4 is 17.6 Å². The molecule has 0 spiro atoms. The van der Waals surface area contributed by atoms with Crippen LogP contribution in [0.25, 0.3) is 0 Å². The van der Waals surface area contributed by atoms with Gasteiger partial charge in [-0.15, -0.1) is 0 Å². The first-order valence-electron chi connectivity index (χ1n) is 7.36. The number of phenolic OH excluding ortho intramolecular Hbond substituents is 1. The van der Waals surface area contributed by atoms with Gasteiger partial charge in [0.15, 0.2) is 6.10 Å². The zero-order valence-corrected chi connectivity index (χ0v) is 13.7. The number of carbonyl (C=O) groups is 2. The number of methoxy groups -OCH3 is 1. The molecule has 6 heteroatoms. The largest absolute Gasteiger partial charge is 0.508 e. The van der Waals surface area contributed by atoms with Gasteiger partial charge in [0.1, 0.15) is 11.5 Å². The molecular formula is C18H19NO5. The highest BCUT2D eigenvalue weighted by atomic mass is 16.5. The monoisotopic (exact) mass is 329 g/mol. The minimum Gasteiger partial charge on any atom is -0.508 e. The third kappa shape index (κ3) is 4.25. The van der Waals surface area contributed by atoms with E-state index < -0.39 is 18.0 Å². The fourth-order valence-electron chi connectivity index (χ4n) is 1.94. The van der Waals surface area contributed by atoms with Crippen LogP contribution in [0.15, 0.2) is 42.5 Å². The van der Waals surface area contributed by atoms with Gasteiger partial charge in [-0.3, -0.25) is 4.79 Å². The molecule has 0 saturated carbocycles. The summed E-state index contributed by atoms with van der Waals surface area (Å²) >= 11 is 0. The summed E-state index contributed by atoms with van der Waals surface area (Å²) in [6.07, 6.45) is -0.983. The summed E-state index contributed by atoms with van der Waals surface area (Å²) in [6.45, 7) is 3.19. The molecule has 0 heterocycles. The highest BCUT2D eigenvalue weighted by Gasteiger charge is 2.19. The molecular weight excluding hydrogens is 310 g/mol. The predicted octanol–water partition coefficient (Wildman–Crippen LogP) is 2.89. The lowest BCUT2D eigenvalue weighted by atomic mass is 10.1. The fourth-order valence-corrected chi connectivity index (χ4v) is 1.94. The van der Waals surface area contributed by atoms with Gasteiger partial charge in [0.25, 0.3) is 5.91 Å². The van der Waals surface area contributed by atoms with Gasteiger partial charge in [-0.1, -0.05) is 6.07 Å². The van der Waals surface area contributed by atoms with E-state index in [4.69, 9.17) is 9.47 Å². The highest BCUT2D eigenvalue weighted by Crippen LogP contribution is 2.19. The van der Waals surface area contributed by atoms with Gasteiger partial charge in [0.2, 0.25) is 0 Å². The molecule has 0 aliphatic carbocycles. The van der Waals surface area contributed by atoms with Gasteiger partial charge in [0, 0.05) is 5.69 Å². The lowest BCUT2D eigenvalue weighted by molar-refractivity contribution is -0.123. The smallest absolute Gasteiger partial charge is 0.339 e. The second-order valence-corrected chi connectivity index (χ2v) is 5.27. The minimum atomic E-state index is -0.983. The zero-order chi connectivity index (χ0) is 17.7. The number of anilines is 1. The first kappa shape index (κ1) is 17.3. The number of hydrogen-bond donors (Lipinski definition) is 2. The number of aryl methyl sites for hydroxylation is 1. The molecule has 0 bridgehead atoms. The number of benzene rings is 2. The molecule has 0 radical (unpaired) electrons. The molecule has 1 amide bonds. The van der Waals surface area contributed by atoms with Crippen LogP contribution in [0.4, 0.5) is 5.69 Å². The van der Waals surface area contributed by atoms with Crippen LogP contribution in [0.2, 0.25) is 0 Å². The van der Waals surface area contributed by atoms with Gasteiger partial charge in [-0.2, -0.15) is 0 Å². The molecule has 0 aromatic heterocycles. The summed E-state index contributed by atoms with van der Waals surface area (Å²) in [5.74, 6) is -0.459. The Morgan fingerprint density at radius 3 is 2.38 bits per heavy atom. The van der Waals surface area contributed by atoms with Crippen molar-refractivity contribution in [3.8, 4) is 11.5 Å². The van der Waals surface area contributed by atoms with Crippen LogP contribution >= 0.6 is 0 Å². The van der Waals surface area contributed by atoms with E-state index in [1.165, 1.54) is 19.1 Å². The van der Waals surface area contributed by atoms with E-state index in [0.29, 0.717) is 17.0 Å². The maximum absolute atomic E-state index is 12.1. The van der Waals surface area contributed by atoms with E-state index in [-0.39, 0.29) is 11.3 Å². The fraction of sp³-hybridized carbons (Fsp3) is 0.222. The second kappa shape index (κ2) is 7.50. The van der Waals surface area contributed by atoms with Crippen molar-refractivity contribution in [2.45, 2.75) is 20.0 Å². The van der Waals surface area contributed by atoms with Crippen molar-refractivity contribution < 1.29 is 24.2 Å². The molecule has 0 aliphatic heterocycles. The van der Waals surface area contributed by atoms with Crippen LogP contribution in [0.3, 0.4) is 0 Å². The molecule has 24 heavy (non-hydrogen) atoms. The van der Waals surface area contributed by atoms with Crippen molar-refractivity contribution in [1.29, 1.82) is 0 Å². The number of aromatic hydroxyl groups is 1. The molecule has 2 aromatic rings. The summed E-state index contributed by atoms with van der Waals surface area (Å²) < 4.78 is 10.2. The Balaban J connectivity index is 1.97. The van der Waals surface area contributed by atoms with Gasteiger partial charge >= 0.3 is 5.97 Å². The van der Waals surface area contributed by atoms with Crippen molar-refractivity contribution in [3.63, 3.8) is 0 Å². The van der Waals surface area contributed by atoms with E-state index in [9.17, 15) is 14.7 Å². The van der Waals surface area contributed by atoms with Crippen molar-refractivity contribution in [3.05, 3.63) is 53.6 Å². The number of amides is 1. The van der Waals surface area contributed by atoms with Gasteiger partial charge in [-0.05, 0) is 55.8 Å². The van der Waals surface area contributed by atoms with Gasteiger partial charge in [-0.25, -0.2) is 4.79 Å². The maximum atomic E-state index is 12.1. The van der Waals surface area contributed by atoms with Crippen LogP contribution < -0.4 is 10.1 Å². The van der Waals surface area contributed by atoms with Crippen molar-refractivity contribution in [2.24, 2.45) is 0 Å². The van der Waals surface area contributed by atoms with Crippen molar-refractivity contribution in [1.82, 2.24) is 0 Å². The van der Waals surface area contributed by atoms with Crippen LogP contribution in [0.5, 0.6) is 11.5 Å². The van der Waals surface area contributed by atoms with E-state index in [0.717, 1.165) is 0 Å². The lowest BCUT2D eigenvalue weighted by Gasteiger charge is -2.14. The normalized spacial score (nSPS) is 11.5. The third-order valence-electron chi connectivity index (χ3n) is 3.46. The second-order valence-electron chi connectivity index (χ2n) is 5.27. The Kier molecular flexibility index (Phi) is 5.42. The Hall–Kier alpha value is -3.02. The predicted molar refractivity (Wildman–Crippen MR) is 89.3 cm³/mol. The molecule has 0 fully saturated rings. The quantitative estimate of drug-likeness (QED) is 0.824. The summed E-state index contributed by atoms with van der Waals surface area (Å²) in [5, 5.41) is 12.3. The molecule has 2 N–H and O–H groups in total. The Morgan fingerprint density at radius 2 is 1.79 bits per heavy atom. The van der Waals surface area contributed by atoms with Crippen LogP contribution in [-0.4, -0.2) is 30.2 Å². The third-order valence-corrected chi connectivity index (χ3v) is 3.46. The molecule has 2 rings (SSSR count). The standard InChI is InChI=1S/C18H19NO5/c1-11-4-5-13(10-16(11)20)18(22)24-12(2)17(21)19-14-6-8-15(23-3)9-7-14/h4-10,12,20H,1-3H3,(H,19,21). The Labute approximate surface area is 140 Å². The average Bonchev–Trinajstić information content (AvgIpc) is 2.57. The zero-order valence-electron chi connectivity index (χ0n) is 13.7. The number of nitrogens with one attached hydrogen (secondary N) is 1. The number of ether oxygens (including phenoxy) is 2. The Morgan fingerprint density at radius 1 is 1.12 bits per heavy atom. The molecule has 1 unspecified atom stereocenters. The van der Waals surface area contributed by atoms with Gasteiger partial charge < -0.3 is 19.9 Å². The first-order chi connectivity index (χ1) is 11.4. The van der Waals surface area contributed by atoms with Crippen molar-refractivity contribution in [2.75, 3.05) is 12.4 Å². The highest BCUT2D eigenvalue weighted by molar-refractivity contribution is 5.97. The van der Waals surface area contributed by atoms with Gasteiger partial charge in [0.05, 0.1) is 12.7 Å². The summed E-state index contributed by atoms with van der Waals surface area (Å²) in [5.41, 5.74) is 1.40. The molecule has 0 aliphatic rings. The number of phenols is 1.